The molecule has 0 radical (unpaired) electrons. The number of nitrogens with one attached hydrogen (secondary N) is 1. The minimum absolute atomic E-state index is 0.251. The van der Waals surface area contributed by atoms with Crippen LogP contribution in [0.5, 0.6) is 0 Å². The molecule has 152 valence electrons. The van der Waals surface area contributed by atoms with Crippen LogP contribution >= 0.6 is 0 Å². The van der Waals surface area contributed by atoms with E-state index in [2.05, 4.69) is 17.2 Å². The number of carbonyl (C=O) groups excluding carboxylic acids is 1. The molecule has 1 aliphatic heterocycles. The average molecular weight is 366 g/mol. The predicted octanol–water partition coefficient (Wildman–Crippen LogP) is 4.97. The van der Waals surface area contributed by atoms with Gasteiger partial charge >= 0.3 is 0 Å². The number of nitrogens with zero attached hydrogens (tertiary/aromatic N) is 2. The second-order valence-corrected chi connectivity index (χ2v) is 7.81. The first-order chi connectivity index (χ1) is 12.7. The molecule has 0 aromatic carbocycles. The van der Waals surface area contributed by atoms with Crippen molar-refractivity contribution in [3.8, 4) is 0 Å². The van der Waals surface area contributed by atoms with E-state index in [1.807, 2.05) is 11.8 Å². The fourth-order valence-corrected chi connectivity index (χ4v) is 3.54. The Labute approximate surface area is 162 Å². The van der Waals surface area contributed by atoms with E-state index in [-0.39, 0.29) is 5.91 Å². The molecule has 26 heavy (non-hydrogen) atoms. The largest absolute Gasteiger partial charge is 0.342 e. The van der Waals surface area contributed by atoms with Gasteiger partial charge in [0.2, 0.25) is 5.91 Å². The third kappa shape index (κ3) is 12.5. The van der Waals surface area contributed by atoms with Crippen LogP contribution in [-0.2, 0) is 4.79 Å². The van der Waals surface area contributed by atoms with Gasteiger partial charge in [-0.15, -0.1) is 0 Å². The van der Waals surface area contributed by atoms with Gasteiger partial charge in [0.25, 0.3) is 0 Å². The summed E-state index contributed by atoms with van der Waals surface area (Å²) in [5.41, 5.74) is 0.985. The summed E-state index contributed by atoms with van der Waals surface area (Å²) in [6.07, 6.45) is 16.5. The van der Waals surface area contributed by atoms with Crippen molar-refractivity contribution in [3.63, 3.8) is 0 Å². The fraction of sp³-hybridized carbons (Fsp3) is 0.909. The van der Waals surface area contributed by atoms with Crippen molar-refractivity contribution in [1.29, 1.82) is 0 Å². The molecular formula is C22H43N3O. The summed E-state index contributed by atoms with van der Waals surface area (Å²) >= 11 is 0. The summed E-state index contributed by atoms with van der Waals surface area (Å²) in [4.78, 5) is 18.6. The first-order valence-corrected chi connectivity index (χ1v) is 11.2. The van der Waals surface area contributed by atoms with Gasteiger partial charge in [-0.3, -0.25) is 9.79 Å². The first kappa shape index (κ1) is 23.1. The van der Waals surface area contributed by atoms with Gasteiger partial charge < -0.3 is 10.2 Å². The first-order valence-electron chi connectivity index (χ1n) is 11.2. The molecule has 0 bridgehead atoms. The third-order valence-corrected chi connectivity index (χ3v) is 5.22. The van der Waals surface area contributed by atoms with E-state index in [4.69, 9.17) is 0 Å². The van der Waals surface area contributed by atoms with Crippen LogP contribution in [0.4, 0.5) is 0 Å². The van der Waals surface area contributed by atoms with Crippen molar-refractivity contribution < 1.29 is 4.79 Å². The van der Waals surface area contributed by atoms with Crippen molar-refractivity contribution in [3.05, 3.63) is 0 Å². The highest BCUT2D eigenvalue weighted by Gasteiger charge is 2.15. The van der Waals surface area contributed by atoms with Gasteiger partial charge in [0.1, 0.15) is 0 Å². The van der Waals surface area contributed by atoms with Crippen LogP contribution in [0.2, 0.25) is 0 Å². The van der Waals surface area contributed by atoms with E-state index in [0.29, 0.717) is 6.42 Å². The van der Waals surface area contributed by atoms with Crippen molar-refractivity contribution in [2.24, 2.45) is 4.99 Å². The van der Waals surface area contributed by atoms with E-state index < -0.39 is 0 Å². The molecule has 0 fully saturated rings. The Hall–Kier alpha value is -0.900. The van der Waals surface area contributed by atoms with Gasteiger partial charge in [0.15, 0.2) is 0 Å². The monoisotopic (exact) mass is 365 g/mol. The fourth-order valence-electron chi connectivity index (χ4n) is 3.54. The zero-order valence-corrected chi connectivity index (χ0v) is 17.5. The lowest BCUT2D eigenvalue weighted by atomic mass is 10.1. The van der Waals surface area contributed by atoms with Crippen LogP contribution < -0.4 is 5.32 Å². The van der Waals surface area contributed by atoms with Crippen molar-refractivity contribution in [2.75, 3.05) is 32.7 Å². The van der Waals surface area contributed by atoms with Gasteiger partial charge in [0, 0.05) is 25.3 Å². The Bertz CT molecular complexity index is 382. The molecule has 0 unspecified atom stereocenters. The summed E-state index contributed by atoms with van der Waals surface area (Å²) in [6, 6.07) is 0. The third-order valence-electron chi connectivity index (χ3n) is 5.22. The lowest BCUT2D eigenvalue weighted by Gasteiger charge is -2.24. The highest BCUT2D eigenvalue weighted by molar-refractivity contribution is 5.99. The Morgan fingerprint density at radius 2 is 1.54 bits per heavy atom. The Morgan fingerprint density at radius 1 is 0.923 bits per heavy atom. The van der Waals surface area contributed by atoms with Gasteiger partial charge in [-0.1, -0.05) is 64.7 Å². The molecule has 1 aliphatic rings. The van der Waals surface area contributed by atoms with Crippen molar-refractivity contribution >= 4 is 11.6 Å². The maximum absolute atomic E-state index is 12.2. The van der Waals surface area contributed by atoms with Crippen LogP contribution in [-0.4, -0.2) is 49.2 Å². The summed E-state index contributed by atoms with van der Waals surface area (Å²) in [6.45, 7) is 9.01. The van der Waals surface area contributed by atoms with Gasteiger partial charge in [-0.25, -0.2) is 0 Å². The standard InChI is InChI=1S/C22H43N3O/c1-3-4-5-6-7-8-9-10-11-12-15-23-16-13-18-25-19-14-17-24-21(2)20-22(25)26/h23H,3-20H2,1-2H3/b24-21-. The van der Waals surface area contributed by atoms with E-state index in [1.54, 1.807) is 0 Å². The molecule has 4 nitrogen and oxygen atoms in total. The highest BCUT2D eigenvalue weighted by Crippen LogP contribution is 2.10. The van der Waals surface area contributed by atoms with E-state index >= 15 is 0 Å². The number of hydrogen-bond donors (Lipinski definition) is 1. The quantitative estimate of drug-likeness (QED) is 0.416. The molecule has 0 aromatic heterocycles. The lowest BCUT2D eigenvalue weighted by molar-refractivity contribution is -0.130. The molecule has 0 aromatic rings. The zero-order chi connectivity index (χ0) is 18.9. The van der Waals surface area contributed by atoms with Crippen LogP contribution in [0, 0.1) is 0 Å². The van der Waals surface area contributed by atoms with Gasteiger partial charge in [-0.2, -0.15) is 0 Å². The molecule has 4 heteroatoms. The smallest absolute Gasteiger partial charge is 0.228 e. The molecule has 0 atom stereocenters. The van der Waals surface area contributed by atoms with E-state index in [0.717, 1.165) is 51.3 Å². The van der Waals surface area contributed by atoms with Crippen LogP contribution in [0.3, 0.4) is 0 Å². The summed E-state index contributed by atoms with van der Waals surface area (Å²) in [7, 11) is 0. The van der Waals surface area contributed by atoms with Crippen molar-refractivity contribution in [1.82, 2.24) is 10.2 Å². The van der Waals surface area contributed by atoms with Crippen LogP contribution in [0.15, 0.2) is 4.99 Å². The molecule has 0 aliphatic carbocycles. The van der Waals surface area contributed by atoms with Crippen molar-refractivity contribution in [2.45, 2.75) is 97.3 Å². The second-order valence-electron chi connectivity index (χ2n) is 7.81. The topological polar surface area (TPSA) is 44.7 Å². The van der Waals surface area contributed by atoms with Crippen LogP contribution in [0.25, 0.3) is 0 Å². The average Bonchev–Trinajstić information content (AvgIpc) is 2.62. The minimum atomic E-state index is 0.251. The predicted molar refractivity (Wildman–Crippen MR) is 113 cm³/mol. The normalized spacial score (nSPS) is 17.7. The zero-order valence-electron chi connectivity index (χ0n) is 17.5. The van der Waals surface area contributed by atoms with Gasteiger partial charge in [0.05, 0.1) is 6.42 Å². The molecule has 0 saturated heterocycles. The number of rotatable bonds is 15. The van der Waals surface area contributed by atoms with E-state index in [9.17, 15) is 4.79 Å². The number of aliphatic imine (C=N–C) groups is 1. The second kappa shape index (κ2) is 16.3. The lowest BCUT2D eigenvalue weighted by Crippen LogP contribution is -2.36. The Morgan fingerprint density at radius 3 is 2.23 bits per heavy atom. The molecular weight excluding hydrogens is 322 g/mol. The molecule has 1 N–H and O–H groups in total. The van der Waals surface area contributed by atoms with Gasteiger partial charge in [-0.05, 0) is 39.3 Å². The molecule has 0 spiro atoms. The summed E-state index contributed by atoms with van der Waals surface area (Å²) in [5.74, 6) is 0.251. The molecule has 1 rings (SSSR count). The number of carbonyl (C=O) groups is 1. The number of hydrogen-bond acceptors (Lipinski definition) is 3. The summed E-state index contributed by atoms with van der Waals surface area (Å²) < 4.78 is 0. The minimum Gasteiger partial charge on any atom is -0.342 e. The Kier molecular flexibility index (Phi) is 14.5. The molecule has 1 heterocycles. The maximum Gasteiger partial charge on any atom is 0.228 e. The summed E-state index contributed by atoms with van der Waals surface area (Å²) in [5, 5.41) is 3.54. The Balaban J connectivity index is 1.87. The molecule has 1 amide bonds. The maximum atomic E-state index is 12.2. The molecule has 0 saturated carbocycles. The van der Waals surface area contributed by atoms with Crippen LogP contribution in [0.1, 0.15) is 97.3 Å². The van der Waals surface area contributed by atoms with E-state index in [1.165, 1.54) is 64.2 Å². The SMILES string of the molecule is CCCCCCCCCCCCNCCCN1CCC/N=C(/C)CC1=O. The number of unbranched alkanes of at least 4 members (excludes halogenated alkanes) is 9. The number of amides is 1. The highest BCUT2D eigenvalue weighted by atomic mass is 16.2.